The standard InChI is InChI=1S/C22H28N6O2/c1-13(29)26-22-9-14-7-15(10-22)19(16(8-14)11-22)25-20(30)18-12-24-28(17-3-4-17)21(18)27-6-2-5-23-27/h2,5-6,12,14-17,19H,3-4,7-11H2,1H3,(H,25,30)(H,26,29). The van der Waals surface area contributed by atoms with E-state index in [1.807, 2.05) is 16.9 Å². The van der Waals surface area contributed by atoms with Gasteiger partial charge in [0.25, 0.3) is 5.91 Å². The van der Waals surface area contributed by atoms with Gasteiger partial charge in [-0.2, -0.15) is 10.2 Å². The van der Waals surface area contributed by atoms with Crippen LogP contribution in [-0.4, -0.2) is 43.0 Å². The van der Waals surface area contributed by atoms with Gasteiger partial charge in [0.15, 0.2) is 5.82 Å². The van der Waals surface area contributed by atoms with Gasteiger partial charge in [0.05, 0.1) is 12.2 Å². The van der Waals surface area contributed by atoms with E-state index < -0.39 is 0 Å². The van der Waals surface area contributed by atoms with Crippen LogP contribution in [0.4, 0.5) is 0 Å². The van der Waals surface area contributed by atoms with Crippen LogP contribution >= 0.6 is 0 Å². The van der Waals surface area contributed by atoms with Gasteiger partial charge in [-0.1, -0.05) is 0 Å². The fraction of sp³-hybridized carbons (Fsp3) is 0.636. The van der Waals surface area contributed by atoms with Crippen LogP contribution < -0.4 is 10.6 Å². The van der Waals surface area contributed by atoms with Gasteiger partial charge in [0.1, 0.15) is 5.56 Å². The van der Waals surface area contributed by atoms with E-state index in [0.717, 1.165) is 50.8 Å². The normalized spacial score (nSPS) is 34.2. The summed E-state index contributed by atoms with van der Waals surface area (Å²) in [4.78, 5) is 25.2. The quantitative estimate of drug-likeness (QED) is 0.793. The number of carbonyl (C=O) groups excluding carboxylic acids is 2. The molecular weight excluding hydrogens is 380 g/mol. The molecule has 5 fully saturated rings. The highest BCUT2D eigenvalue weighted by atomic mass is 16.2. The molecule has 2 aromatic rings. The predicted octanol–water partition coefficient (Wildman–Crippen LogP) is 2.22. The molecule has 0 aliphatic heterocycles. The Bertz CT molecular complexity index is 975. The number of aromatic nitrogens is 4. The van der Waals surface area contributed by atoms with E-state index in [2.05, 4.69) is 20.8 Å². The monoisotopic (exact) mass is 408 g/mol. The van der Waals surface area contributed by atoms with E-state index in [-0.39, 0.29) is 23.4 Å². The number of hydrogen-bond donors (Lipinski definition) is 2. The molecule has 0 spiro atoms. The second-order valence-electron chi connectivity index (χ2n) is 9.94. The van der Waals surface area contributed by atoms with Crippen molar-refractivity contribution in [1.29, 1.82) is 0 Å². The lowest BCUT2D eigenvalue weighted by atomic mass is 9.51. The van der Waals surface area contributed by atoms with Crippen molar-refractivity contribution in [2.24, 2.45) is 17.8 Å². The van der Waals surface area contributed by atoms with Crippen LogP contribution in [0.3, 0.4) is 0 Å². The SMILES string of the molecule is CC(=O)NC12CC3CC(C1)C(NC(=O)c1cnn(C4CC4)c1-n1cccn1)C(C3)C2. The van der Waals surface area contributed by atoms with Gasteiger partial charge in [-0.3, -0.25) is 9.59 Å². The molecule has 158 valence electrons. The second kappa shape index (κ2) is 6.43. The first-order chi connectivity index (χ1) is 14.5. The van der Waals surface area contributed by atoms with Crippen LogP contribution in [0.25, 0.3) is 5.82 Å². The van der Waals surface area contributed by atoms with Gasteiger partial charge in [0, 0.05) is 30.9 Å². The third-order valence-corrected chi connectivity index (χ3v) is 7.64. The minimum atomic E-state index is -0.0570. The highest BCUT2D eigenvalue weighted by molar-refractivity contribution is 5.97. The lowest BCUT2D eigenvalue weighted by Gasteiger charge is -2.60. The molecule has 0 aromatic carbocycles. The Balaban J connectivity index is 1.26. The van der Waals surface area contributed by atoms with E-state index in [4.69, 9.17) is 0 Å². The minimum absolute atomic E-state index is 0.0549. The molecule has 2 N–H and O–H groups in total. The molecule has 0 saturated heterocycles. The fourth-order valence-electron chi connectivity index (χ4n) is 6.74. The van der Waals surface area contributed by atoms with E-state index in [9.17, 15) is 9.59 Å². The average molecular weight is 409 g/mol. The van der Waals surface area contributed by atoms with E-state index >= 15 is 0 Å². The van der Waals surface area contributed by atoms with E-state index in [1.54, 1.807) is 24.0 Å². The average Bonchev–Trinajstić information content (AvgIpc) is 3.21. The first-order valence-electron chi connectivity index (χ1n) is 11.2. The smallest absolute Gasteiger partial charge is 0.256 e. The Morgan fingerprint density at radius 3 is 2.53 bits per heavy atom. The third kappa shape index (κ3) is 2.87. The van der Waals surface area contributed by atoms with Crippen LogP contribution in [-0.2, 0) is 4.79 Å². The molecule has 0 radical (unpaired) electrons. The van der Waals surface area contributed by atoms with Crippen molar-refractivity contribution in [3.05, 3.63) is 30.2 Å². The van der Waals surface area contributed by atoms with Gasteiger partial charge in [-0.25, -0.2) is 9.36 Å². The molecule has 2 atom stereocenters. The largest absolute Gasteiger partial charge is 0.351 e. The van der Waals surface area contributed by atoms with Crippen LogP contribution in [0, 0.1) is 17.8 Å². The lowest BCUT2D eigenvalue weighted by molar-refractivity contribution is -0.125. The second-order valence-corrected chi connectivity index (χ2v) is 9.94. The zero-order chi connectivity index (χ0) is 20.5. The Hall–Kier alpha value is -2.64. The van der Waals surface area contributed by atoms with Crippen LogP contribution in [0.2, 0.25) is 0 Å². The maximum Gasteiger partial charge on any atom is 0.256 e. The number of amides is 2. The molecule has 2 heterocycles. The van der Waals surface area contributed by atoms with Crippen molar-refractivity contribution in [3.63, 3.8) is 0 Å². The summed E-state index contributed by atoms with van der Waals surface area (Å²) in [6, 6.07) is 2.40. The lowest BCUT2D eigenvalue weighted by Crippen LogP contribution is -2.66. The molecule has 8 heteroatoms. The topological polar surface area (TPSA) is 93.8 Å². The van der Waals surface area contributed by atoms with Crippen molar-refractivity contribution < 1.29 is 9.59 Å². The Labute approximate surface area is 175 Å². The third-order valence-electron chi connectivity index (χ3n) is 7.64. The zero-order valence-electron chi connectivity index (χ0n) is 17.3. The van der Waals surface area contributed by atoms with Gasteiger partial charge >= 0.3 is 0 Å². The summed E-state index contributed by atoms with van der Waals surface area (Å²) < 4.78 is 3.70. The number of hydrogen-bond acceptors (Lipinski definition) is 4. The van der Waals surface area contributed by atoms with Crippen LogP contribution in [0.15, 0.2) is 24.7 Å². The number of rotatable bonds is 5. The molecular formula is C22H28N6O2. The number of nitrogens with zero attached hydrogens (tertiary/aromatic N) is 4. The summed E-state index contributed by atoms with van der Waals surface area (Å²) in [5, 5.41) is 15.5. The van der Waals surface area contributed by atoms with Crippen molar-refractivity contribution >= 4 is 11.8 Å². The first-order valence-corrected chi connectivity index (χ1v) is 11.2. The van der Waals surface area contributed by atoms with Gasteiger partial charge in [-0.05, 0) is 68.8 Å². The Morgan fingerprint density at radius 1 is 1.13 bits per heavy atom. The summed E-state index contributed by atoms with van der Waals surface area (Å²) in [7, 11) is 0. The van der Waals surface area contributed by atoms with Crippen molar-refractivity contribution in [1.82, 2.24) is 30.2 Å². The molecule has 4 bridgehead atoms. The maximum absolute atomic E-state index is 13.4. The summed E-state index contributed by atoms with van der Waals surface area (Å²) in [6.07, 6.45) is 12.8. The summed E-state index contributed by atoms with van der Waals surface area (Å²) in [5.41, 5.74) is 0.539. The minimum Gasteiger partial charge on any atom is -0.351 e. The molecule has 2 amide bonds. The molecule has 5 saturated carbocycles. The molecule has 2 unspecified atom stereocenters. The zero-order valence-corrected chi connectivity index (χ0v) is 17.3. The highest BCUT2D eigenvalue weighted by Gasteiger charge is 2.56. The Morgan fingerprint density at radius 2 is 1.90 bits per heavy atom. The van der Waals surface area contributed by atoms with Gasteiger partial charge in [0.2, 0.25) is 5.91 Å². The van der Waals surface area contributed by atoms with E-state index in [1.165, 1.54) is 0 Å². The van der Waals surface area contributed by atoms with Crippen LogP contribution in [0.1, 0.15) is 68.3 Å². The molecule has 30 heavy (non-hydrogen) atoms. The molecule has 5 aliphatic carbocycles. The van der Waals surface area contributed by atoms with Crippen molar-refractivity contribution in [3.8, 4) is 5.82 Å². The number of carbonyl (C=O) groups is 2. The van der Waals surface area contributed by atoms with Crippen molar-refractivity contribution in [2.45, 2.75) is 69.5 Å². The van der Waals surface area contributed by atoms with Gasteiger partial charge < -0.3 is 10.6 Å². The van der Waals surface area contributed by atoms with Crippen LogP contribution in [0.5, 0.6) is 0 Å². The fourth-order valence-corrected chi connectivity index (χ4v) is 6.74. The molecule has 2 aromatic heterocycles. The summed E-state index contributed by atoms with van der Waals surface area (Å²) in [5.74, 6) is 2.29. The summed E-state index contributed by atoms with van der Waals surface area (Å²) in [6.45, 7) is 1.62. The summed E-state index contributed by atoms with van der Waals surface area (Å²) >= 11 is 0. The van der Waals surface area contributed by atoms with E-state index in [0.29, 0.717) is 29.4 Å². The van der Waals surface area contributed by atoms with Crippen molar-refractivity contribution in [2.75, 3.05) is 0 Å². The first kappa shape index (κ1) is 18.2. The predicted molar refractivity (Wildman–Crippen MR) is 109 cm³/mol. The molecule has 5 aliphatic rings. The maximum atomic E-state index is 13.4. The molecule has 7 rings (SSSR count). The van der Waals surface area contributed by atoms with Gasteiger partial charge in [-0.15, -0.1) is 0 Å². The Kier molecular flexibility index (Phi) is 3.89. The number of nitrogens with one attached hydrogen (secondary N) is 2. The highest BCUT2D eigenvalue weighted by Crippen LogP contribution is 2.55. The molecule has 8 nitrogen and oxygen atoms in total.